The van der Waals surface area contributed by atoms with Gasteiger partial charge >= 0.3 is 0 Å². The van der Waals surface area contributed by atoms with E-state index in [4.69, 9.17) is 4.74 Å². The molecule has 1 aromatic heterocycles. The zero-order valence-corrected chi connectivity index (χ0v) is 11.0. The number of hydrogen-bond donors (Lipinski definition) is 1. The maximum Gasteiger partial charge on any atom is 0.125 e. The van der Waals surface area contributed by atoms with Crippen LogP contribution in [0.15, 0.2) is 48.7 Å². The highest BCUT2D eigenvalue weighted by atomic mass is 19.1. The molecule has 0 saturated heterocycles. The van der Waals surface area contributed by atoms with Crippen molar-refractivity contribution in [3.8, 4) is 11.5 Å². The summed E-state index contributed by atoms with van der Waals surface area (Å²) in [6, 6.07) is 11.4. The molecular weight excluding hydrogens is 257 g/mol. The van der Waals surface area contributed by atoms with E-state index in [1.165, 1.54) is 12.1 Å². The average molecular weight is 271 g/mol. The number of aryl methyl sites for hydroxylation is 1. The minimum atomic E-state index is -0.251. The van der Waals surface area contributed by atoms with Gasteiger partial charge in [0.05, 0.1) is 5.52 Å². The normalized spacial score (nSPS) is 10.9. The second-order valence-corrected chi connectivity index (χ2v) is 4.71. The maximum absolute atomic E-state index is 13.2. The number of fused-ring (bicyclic) bond motifs is 1. The third kappa shape index (κ3) is 2.32. The predicted octanol–water partition coefficient (Wildman–Crippen LogP) is 3.60. The number of phenols is 1. The zero-order chi connectivity index (χ0) is 14.1. The summed E-state index contributed by atoms with van der Waals surface area (Å²) in [7, 11) is 1.87. The average Bonchev–Trinajstić information content (AvgIpc) is 2.73. The Morgan fingerprint density at radius 3 is 2.85 bits per heavy atom. The van der Waals surface area contributed by atoms with Crippen LogP contribution in [-0.4, -0.2) is 9.67 Å². The molecule has 2 aromatic carbocycles. The standard InChI is InChI=1S/C16H14FNO2/c1-18-9-11(15-6-5-12(17)7-16(15)18)10-20-14-4-2-3-13(19)8-14/h2-9,19H,10H2,1H3. The summed E-state index contributed by atoms with van der Waals surface area (Å²) in [6.45, 7) is 0.367. The SMILES string of the molecule is Cn1cc(COc2cccc(O)c2)c2ccc(F)cc21. The van der Waals surface area contributed by atoms with Crippen LogP contribution in [0.25, 0.3) is 10.9 Å². The number of phenolic OH excluding ortho intramolecular Hbond substituents is 1. The van der Waals surface area contributed by atoms with E-state index in [1.807, 2.05) is 17.8 Å². The highest BCUT2D eigenvalue weighted by Gasteiger charge is 2.08. The van der Waals surface area contributed by atoms with Crippen LogP contribution in [0.2, 0.25) is 0 Å². The molecule has 0 spiro atoms. The summed E-state index contributed by atoms with van der Waals surface area (Å²) in [6.07, 6.45) is 1.92. The summed E-state index contributed by atoms with van der Waals surface area (Å²) in [5.41, 5.74) is 1.81. The third-order valence-corrected chi connectivity index (χ3v) is 3.25. The first-order chi connectivity index (χ1) is 9.63. The van der Waals surface area contributed by atoms with Crippen molar-refractivity contribution >= 4 is 10.9 Å². The summed E-state index contributed by atoms with van der Waals surface area (Å²) in [5.74, 6) is 0.519. The highest BCUT2D eigenvalue weighted by Crippen LogP contribution is 2.24. The van der Waals surface area contributed by atoms with Gasteiger partial charge in [-0.05, 0) is 30.3 Å². The predicted molar refractivity (Wildman–Crippen MR) is 75.3 cm³/mol. The first-order valence-corrected chi connectivity index (χ1v) is 6.29. The van der Waals surface area contributed by atoms with Gasteiger partial charge in [-0.2, -0.15) is 0 Å². The monoisotopic (exact) mass is 271 g/mol. The molecule has 102 valence electrons. The number of nitrogens with zero attached hydrogens (tertiary/aromatic N) is 1. The summed E-state index contributed by atoms with van der Waals surface area (Å²) in [4.78, 5) is 0. The first-order valence-electron chi connectivity index (χ1n) is 6.29. The first kappa shape index (κ1) is 12.5. The van der Waals surface area contributed by atoms with E-state index < -0.39 is 0 Å². The molecule has 20 heavy (non-hydrogen) atoms. The largest absolute Gasteiger partial charge is 0.508 e. The minimum Gasteiger partial charge on any atom is -0.508 e. The lowest BCUT2D eigenvalue weighted by Gasteiger charge is -2.05. The van der Waals surface area contributed by atoms with Crippen LogP contribution in [0.4, 0.5) is 4.39 Å². The topological polar surface area (TPSA) is 34.4 Å². The zero-order valence-electron chi connectivity index (χ0n) is 11.0. The van der Waals surface area contributed by atoms with E-state index in [1.54, 1.807) is 30.3 Å². The Morgan fingerprint density at radius 1 is 1.20 bits per heavy atom. The number of aromatic nitrogens is 1. The molecule has 0 aliphatic rings. The van der Waals surface area contributed by atoms with Gasteiger partial charge in [0.15, 0.2) is 0 Å². The van der Waals surface area contributed by atoms with E-state index in [0.29, 0.717) is 12.4 Å². The smallest absolute Gasteiger partial charge is 0.125 e. The van der Waals surface area contributed by atoms with Crippen LogP contribution in [0.3, 0.4) is 0 Å². The lowest BCUT2D eigenvalue weighted by atomic mass is 10.2. The Labute approximate surface area is 115 Å². The molecule has 0 radical (unpaired) electrons. The van der Waals surface area contributed by atoms with E-state index in [2.05, 4.69) is 0 Å². The van der Waals surface area contributed by atoms with Gasteiger partial charge in [0, 0.05) is 30.3 Å². The molecule has 1 heterocycles. The number of aromatic hydroxyl groups is 1. The molecule has 0 atom stereocenters. The Balaban J connectivity index is 1.88. The number of hydrogen-bond acceptors (Lipinski definition) is 2. The molecule has 3 rings (SSSR count). The van der Waals surface area contributed by atoms with E-state index in [9.17, 15) is 9.50 Å². The van der Waals surface area contributed by atoms with Crippen LogP contribution >= 0.6 is 0 Å². The van der Waals surface area contributed by atoms with Gasteiger partial charge in [0.1, 0.15) is 23.9 Å². The van der Waals surface area contributed by atoms with E-state index in [-0.39, 0.29) is 11.6 Å². The van der Waals surface area contributed by atoms with Gasteiger partial charge in [0.2, 0.25) is 0 Å². The Hall–Kier alpha value is -2.49. The fourth-order valence-electron chi connectivity index (χ4n) is 2.29. The summed E-state index contributed by atoms with van der Waals surface area (Å²) >= 11 is 0. The Kier molecular flexibility index (Phi) is 3.06. The molecule has 0 aliphatic heterocycles. The molecule has 3 aromatic rings. The Morgan fingerprint density at radius 2 is 2.05 bits per heavy atom. The fourth-order valence-corrected chi connectivity index (χ4v) is 2.29. The van der Waals surface area contributed by atoms with Crippen molar-refractivity contribution in [1.29, 1.82) is 0 Å². The van der Waals surface area contributed by atoms with Crippen molar-refractivity contribution in [3.05, 3.63) is 60.0 Å². The van der Waals surface area contributed by atoms with Gasteiger partial charge in [-0.25, -0.2) is 4.39 Å². The molecule has 3 nitrogen and oxygen atoms in total. The van der Waals surface area contributed by atoms with Gasteiger partial charge < -0.3 is 14.4 Å². The van der Waals surface area contributed by atoms with Gasteiger partial charge in [-0.1, -0.05) is 6.07 Å². The van der Waals surface area contributed by atoms with E-state index in [0.717, 1.165) is 16.5 Å². The maximum atomic E-state index is 13.2. The molecule has 0 aliphatic carbocycles. The van der Waals surface area contributed by atoms with Crippen LogP contribution in [0.5, 0.6) is 11.5 Å². The van der Waals surface area contributed by atoms with Crippen LogP contribution in [0, 0.1) is 5.82 Å². The van der Waals surface area contributed by atoms with Crippen molar-refractivity contribution < 1.29 is 14.2 Å². The van der Waals surface area contributed by atoms with Crippen LogP contribution in [-0.2, 0) is 13.7 Å². The molecule has 0 amide bonds. The number of benzene rings is 2. The molecular formula is C16H14FNO2. The molecule has 1 N–H and O–H groups in total. The van der Waals surface area contributed by atoms with Gasteiger partial charge in [-0.15, -0.1) is 0 Å². The van der Waals surface area contributed by atoms with Gasteiger partial charge in [0.25, 0.3) is 0 Å². The minimum absolute atomic E-state index is 0.169. The Bertz CT molecular complexity index is 764. The quantitative estimate of drug-likeness (QED) is 0.789. The summed E-state index contributed by atoms with van der Waals surface area (Å²) in [5, 5.41) is 10.4. The van der Waals surface area contributed by atoms with Crippen molar-refractivity contribution in [2.24, 2.45) is 7.05 Å². The molecule has 4 heteroatoms. The van der Waals surface area contributed by atoms with Crippen molar-refractivity contribution in [2.75, 3.05) is 0 Å². The van der Waals surface area contributed by atoms with Crippen molar-refractivity contribution in [2.45, 2.75) is 6.61 Å². The number of rotatable bonds is 3. The highest BCUT2D eigenvalue weighted by molar-refractivity contribution is 5.83. The number of ether oxygens (including phenoxy) is 1. The van der Waals surface area contributed by atoms with Crippen LogP contribution < -0.4 is 4.74 Å². The summed E-state index contributed by atoms with van der Waals surface area (Å²) < 4.78 is 20.8. The molecule has 0 saturated carbocycles. The van der Waals surface area contributed by atoms with Crippen molar-refractivity contribution in [1.82, 2.24) is 4.57 Å². The van der Waals surface area contributed by atoms with Crippen molar-refractivity contribution in [3.63, 3.8) is 0 Å². The van der Waals surface area contributed by atoms with Crippen LogP contribution in [0.1, 0.15) is 5.56 Å². The number of halogens is 1. The van der Waals surface area contributed by atoms with E-state index >= 15 is 0 Å². The molecule has 0 fully saturated rings. The molecule has 0 unspecified atom stereocenters. The lowest BCUT2D eigenvalue weighted by molar-refractivity contribution is 0.305. The fraction of sp³-hybridized carbons (Fsp3) is 0.125. The second-order valence-electron chi connectivity index (χ2n) is 4.71. The second kappa shape index (κ2) is 4.89. The lowest BCUT2D eigenvalue weighted by Crippen LogP contribution is -1.94. The third-order valence-electron chi connectivity index (χ3n) is 3.25. The molecule has 0 bridgehead atoms. The van der Waals surface area contributed by atoms with Gasteiger partial charge in [-0.3, -0.25) is 0 Å².